The van der Waals surface area contributed by atoms with Crippen LogP contribution in [0.3, 0.4) is 0 Å². The topological polar surface area (TPSA) is 54.4 Å². The summed E-state index contributed by atoms with van der Waals surface area (Å²) in [6, 6.07) is 0. The molecule has 0 unspecified atom stereocenters. The largest absolute Gasteiger partial charge is 0.382 e. The third kappa shape index (κ3) is 1.73. The molecule has 0 spiro atoms. The van der Waals surface area contributed by atoms with Crippen LogP contribution in [0.15, 0.2) is 0 Å². The Hall–Kier alpha value is -0.700. The minimum atomic E-state index is -1.42. The molecule has 0 aromatic heterocycles. The Morgan fingerprint density at radius 1 is 1.64 bits per heavy atom. The fraction of sp³-hybridized carbons (Fsp3) is 0.818. The van der Waals surface area contributed by atoms with Gasteiger partial charge in [-0.05, 0) is 26.2 Å². The molecule has 14 heavy (non-hydrogen) atoms. The highest BCUT2D eigenvalue weighted by Gasteiger charge is 2.52. The van der Waals surface area contributed by atoms with Crippen molar-refractivity contribution in [3.05, 3.63) is 0 Å². The highest BCUT2D eigenvalue weighted by atomic mass is 16.3. The van der Waals surface area contributed by atoms with E-state index in [1.165, 1.54) is 13.8 Å². The fourth-order valence-electron chi connectivity index (χ4n) is 2.56. The molecule has 1 aliphatic carbocycles. The average molecular weight is 198 g/mol. The molecule has 0 aromatic carbocycles. The maximum absolute atomic E-state index is 11.5. The van der Waals surface area contributed by atoms with Crippen LogP contribution in [-0.2, 0) is 9.59 Å². The van der Waals surface area contributed by atoms with E-state index in [0.29, 0.717) is 6.42 Å². The van der Waals surface area contributed by atoms with E-state index in [-0.39, 0.29) is 17.5 Å². The molecular formula is C11H18O3. The van der Waals surface area contributed by atoms with E-state index < -0.39 is 11.5 Å². The molecule has 0 aliphatic heterocycles. The molecule has 3 heteroatoms. The van der Waals surface area contributed by atoms with Gasteiger partial charge in [-0.3, -0.25) is 9.59 Å². The smallest absolute Gasteiger partial charge is 0.165 e. The molecule has 0 saturated heterocycles. The molecule has 1 aliphatic rings. The minimum Gasteiger partial charge on any atom is -0.382 e. The summed E-state index contributed by atoms with van der Waals surface area (Å²) in [5.41, 5.74) is -1.42. The van der Waals surface area contributed by atoms with Crippen LogP contribution in [0.25, 0.3) is 0 Å². The molecule has 0 aromatic rings. The second kappa shape index (κ2) is 3.81. The first-order valence-corrected chi connectivity index (χ1v) is 5.17. The van der Waals surface area contributed by atoms with Crippen molar-refractivity contribution >= 4 is 11.6 Å². The van der Waals surface area contributed by atoms with Crippen LogP contribution in [0.1, 0.15) is 40.0 Å². The molecule has 0 bridgehead atoms. The standard InChI is InChI=1S/C11H18O3/c1-4-5-8-6-9(13)11(3,14)10(8)7(2)12/h8,10,14H,4-6H2,1-3H3/t8-,10+,11+/m1/s1. The van der Waals surface area contributed by atoms with Crippen LogP contribution in [0.2, 0.25) is 0 Å². The SMILES string of the molecule is CCC[C@@H]1CC(=O)[C@](C)(O)[C@H]1C(C)=O. The van der Waals surface area contributed by atoms with Crippen molar-refractivity contribution in [3.63, 3.8) is 0 Å². The van der Waals surface area contributed by atoms with Crippen molar-refractivity contribution < 1.29 is 14.7 Å². The van der Waals surface area contributed by atoms with Crippen LogP contribution in [0.5, 0.6) is 0 Å². The first-order chi connectivity index (χ1) is 6.41. The highest BCUT2D eigenvalue weighted by Crippen LogP contribution is 2.40. The number of rotatable bonds is 3. The first-order valence-electron chi connectivity index (χ1n) is 5.17. The summed E-state index contributed by atoms with van der Waals surface area (Å²) in [5.74, 6) is -0.703. The number of aliphatic hydroxyl groups is 1. The summed E-state index contributed by atoms with van der Waals surface area (Å²) in [5, 5.41) is 9.92. The van der Waals surface area contributed by atoms with Gasteiger partial charge in [-0.1, -0.05) is 13.3 Å². The molecule has 1 N–H and O–H groups in total. The molecule has 0 heterocycles. The molecule has 80 valence electrons. The van der Waals surface area contributed by atoms with E-state index in [1.807, 2.05) is 6.92 Å². The van der Waals surface area contributed by atoms with Gasteiger partial charge in [-0.15, -0.1) is 0 Å². The average Bonchev–Trinajstić information content (AvgIpc) is 2.23. The van der Waals surface area contributed by atoms with Gasteiger partial charge in [0.05, 0.1) is 5.92 Å². The Bertz CT molecular complexity index is 255. The van der Waals surface area contributed by atoms with Gasteiger partial charge >= 0.3 is 0 Å². The van der Waals surface area contributed by atoms with Crippen LogP contribution >= 0.6 is 0 Å². The molecular weight excluding hydrogens is 180 g/mol. The number of hydrogen-bond acceptors (Lipinski definition) is 3. The fourth-order valence-corrected chi connectivity index (χ4v) is 2.56. The monoisotopic (exact) mass is 198 g/mol. The van der Waals surface area contributed by atoms with Crippen molar-refractivity contribution in [2.75, 3.05) is 0 Å². The Morgan fingerprint density at radius 3 is 2.64 bits per heavy atom. The van der Waals surface area contributed by atoms with Crippen LogP contribution in [0, 0.1) is 11.8 Å². The molecule has 1 rings (SSSR count). The molecule has 3 atom stereocenters. The van der Waals surface area contributed by atoms with Gasteiger partial charge in [0.25, 0.3) is 0 Å². The van der Waals surface area contributed by atoms with E-state index in [9.17, 15) is 14.7 Å². The summed E-state index contributed by atoms with van der Waals surface area (Å²) >= 11 is 0. The van der Waals surface area contributed by atoms with Gasteiger partial charge in [-0.2, -0.15) is 0 Å². The van der Waals surface area contributed by atoms with Crippen LogP contribution < -0.4 is 0 Å². The maximum Gasteiger partial charge on any atom is 0.165 e. The normalized spacial score (nSPS) is 37.6. The predicted octanol–water partition coefficient (Wildman–Crippen LogP) is 1.33. The number of ketones is 2. The van der Waals surface area contributed by atoms with E-state index in [4.69, 9.17) is 0 Å². The van der Waals surface area contributed by atoms with Crippen molar-refractivity contribution in [1.82, 2.24) is 0 Å². The summed E-state index contributed by atoms with van der Waals surface area (Å²) in [6.45, 7) is 4.95. The van der Waals surface area contributed by atoms with E-state index in [0.717, 1.165) is 12.8 Å². The van der Waals surface area contributed by atoms with Gasteiger partial charge in [0.1, 0.15) is 11.4 Å². The number of carbonyl (C=O) groups is 2. The lowest BCUT2D eigenvalue weighted by molar-refractivity contribution is -0.141. The van der Waals surface area contributed by atoms with Gasteiger partial charge in [-0.25, -0.2) is 0 Å². The van der Waals surface area contributed by atoms with E-state index in [2.05, 4.69) is 0 Å². The lowest BCUT2D eigenvalue weighted by atomic mass is 9.82. The van der Waals surface area contributed by atoms with E-state index >= 15 is 0 Å². The van der Waals surface area contributed by atoms with Crippen molar-refractivity contribution in [2.24, 2.45) is 11.8 Å². The summed E-state index contributed by atoms with van der Waals surface area (Å²) in [4.78, 5) is 22.9. The van der Waals surface area contributed by atoms with Crippen molar-refractivity contribution in [1.29, 1.82) is 0 Å². The second-order valence-corrected chi connectivity index (χ2v) is 4.41. The maximum atomic E-state index is 11.5. The zero-order valence-electron chi connectivity index (χ0n) is 9.04. The van der Waals surface area contributed by atoms with Crippen molar-refractivity contribution in [2.45, 2.75) is 45.6 Å². The van der Waals surface area contributed by atoms with Crippen LogP contribution in [-0.4, -0.2) is 22.3 Å². The highest BCUT2D eigenvalue weighted by molar-refractivity contribution is 5.97. The zero-order chi connectivity index (χ0) is 10.9. The van der Waals surface area contributed by atoms with Crippen LogP contribution in [0.4, 0.5) is 0 Å². The van der Waals surface area contributed by atoms with E-state index in [1.54, 1.807) is 0 Å². The quantitative estimate of drug-likeness (QED) is 0.744. The summed E-state index contributed by atoms with van der Waals surface area (Å²) < 4.78 is 0. The van der Waals surface area contributed by atoms with Gasteiger partial charge in [0, 0.05) is 6.42 Å². The Balaban J connectivity index is 2.91. The number of carbonyl (C=O) groups excluding carboxylic acids is 2. The molecule has 1 saturated carbocycles. The third-order valence-corrected chi connectivity index (χ3v) is 3.19. The molecule has 3 nitrogen and oxygen atoms in total. The third-order valence-electron chi connectivity index (χ3n) is 3.19. The number of Topliss-reactive ketones (excluding diaryl/α,β-unsaturated/α-hetero) is 2. The van der Waals surface area contributed by atoms with Gasteiger partial charge < -0.3 is 5.11 Å². The lowest BCUT2D eigenvalue weighted by Crippen LogP contribution is -2.41. The minimum absolute atomic E-state index is 0.0417. The predicted molar refractivity (Wildman–Crippen MR) is 52.8 cm³/mol. The Morgan fingerprint density at radius 2 is 2.21 bits per heavy atom. The van der Waals surface area contributed by atoms with Gasteiger partial charge in [0.2, 0.25) is 0 Å². The summed E-state index contributed by atoms with van der Waals surface area (Å²) in [7, 11) is 0. The molecule has 0 amide bonds. The Labute approximate surface area is 84.5 Å². The van der Waals surface area contributed by atoms with Gasteiger partial charge in [0.15, 0.2) is 5.78 Å². The first kappa shape index (κ1) is 11.4. The van der Waals surface area contributed by atoms with Crippen molar-refractivity contribution in [3.8, 4) is 0 Å². The molecule has 0 radical (unpaired) electrons. The Kier molecular flexibility index (Phi) is 3.10. The zero-order valence-corrected chi connectivity index (χ0v) is 9.04. The lowest BCUT2D eigenvalue weighted by Gasteiger charge is -2.25. The number of hydrogen-bond donors (Lipinski definition) is 1. The summed E-state index contributed by atoms with van der Waals surface area (Å²) in [6.07, 6.45) is 2.13. The second-order valence-electron chi connectivity index (χ2n) is 4.41. The molecule has 1 fully saturated rings.